The van der Waals surface area contributed by atoms with Crippen molar-refractivity contribution in [3.05, 3.63) is 0 Å². The first-order valence-electron chi connectivity index (χ1n) is 10.0. The summed E-state index contributed by atoms with van der Waals surface area (Å²) in [7, 11) is 1.89. The van der Waals surface area contributed by atoms with Gasteiger partial charge in [-0.25, -0.2) is 0 Å². The Morgan fingerprint density at radius 3 is 2.50 bits per heavy atom. The van der Waals surface area contributed by atoms with Gasteiger partial charge in [0.1, 0.15) is 0 Å². The van der Waals surface area contributed by atoms with E-state index in [0.29, 0.717) is 0 Å². The first-order chi connectivity index (χ1) is 11.3. The number of halogens is 1. The average Bonchev–Trinajstić information content (AvgIpc) is 3.34. The van der Waals surface area contributed by atoms with E-state index in [1.54, 1.807) is 0 Å². The Morgan fingerprint density at radius 1 is 1.00 bits per heavy atom. The van der Waals surface area contributed by atoms with Crippen LogP contribution in [0.25, 0.3) is 0 Å². The topological polar surface area (TPSA) is 39.7 Å². The van der Waals surface area contributed by atoms with Crippen molar-refractivity contribution < 1.29 is 0 Å². The Bertz CT molecular complexity index is 378. The molecule has 1 heterocycles. The predicted molar refractivity (Wildman–Crippen MR) is 113 cm³/mol. The fourth-order valence-electron chi connectivity index (χ4n) is 4.34. The van der Waals surface area contributed by atoms with Crippen molar-refractivity contribution in [2.24, 2.45) is 16.8 Å². The molecule has 0 aromatic rings. The SMILES string of the molecule is CN=C(NCCCC1CCCCC1)NCC1CCN(C2CC2)C1.I. The fraction of sp³-hybridized carbons (Fsp3) is 0.947. The molecule has 2 saturated carbocycles. The molecule has 3 fully saturated rings. The molecule has 1 atom stereocenters. The molecule has 0 spiro atoms. The molecule has 1 saturated heterocycles. The van der Waals surface area contributed by atoms with Crippen LogP contribution in [0, 0.1) is 11.8 Å². The van der Waals surface area contributed by atoms with Crippen molar-refractivity contribution in [3.63, 3.8) is 0 Å². The number of guanidine groups is 1. The summed E-state index contributed by atoms with van der Waals surface area (Å²) in [5.74, 6) is 2.79. The third-order valence-electron chi connectivity index (χ3n) is 5.97. The van der Waals surface area contributed by atoms with E-state index < -0.39 is 0 Å². The summed E-state index contributed by atoms with van der Waals surface area (Å²) in [4.78, 5) is 7.07. The van der Waals surface area contributed by atoms with Gasteiger partial charge in [-0.1, -0.05) is 32.1 Å². The normalized spacial score (nSPS) is 26.2. The molecule has 4 nitrogen and oxygen atoms in total. The first-order valence-corrected chi connectivity index (χ1v) is 10.0. The summed E-state index contributed by atoms with van der Waals surface area (Å²) < 4.78 is 0. The molecule has 2 aliphatic carbocycles. The molecule has 0 radical (unpaired) electrons. The largest absolute Gasteiger partial charge is 0.356 e. The fourth-order valence-corrected chi connectivity index (χ4v) is 4.34. The molecule has 0 bridgehead atoms. The molecular weight excluding hydrogens is 411 g/mol. The second kappa shape index (κ2) is 10.8. The predicted octanol–water partition coefficient (Wildman–Crippen LogP) is 3.61. The summed E-state index contributed by atoms with van der Waals surface area (Å²) in [6, 6.07) is 0.928. The number of hydrogen-bond donors (Lipinski definition) is 2. The van der Waals surface area contributed by atoms with E-state index >= 15 is 0 Å². The molecule has 2 N–H and O–H groups in total. The van der Waals surface area contributed by atoms with Gasteiger partial charge in [-0.2, -0.15) is 0 Å². The van der Waals surface area contributed by atoms with Crippen LogP contribution in [0.5, 0.6) is 0 Å². The lowest BCUT2D eigenvalue weighted by Crippen LogP contribution is -2.40. The minimum Gasteiger partial charge on any atom is -0.356 e. The number of nitrogens with zero attached hydrogens (tertiary/aromatic N) is 2. The number of nitrogens with one attached hydrogen (secondary N) is 2. The maximum atomic E-state index is 4.38. The van der Waals surface area contributed by atoms with E-state index in [0.717, 1.165) is 36.9 Å². The van der Waals surface area contributed by atoms with Gasteiger partial charge in [-0.05, 0) is 50.5 Å². The zero-order chi connectivity index (χ0) is 15.9. The summed E-state index contributed by atoms with van der Waals surface area (Å²) in [6.07, 6.45) is 14.2. The average molecular weight is 448 g/mol. The van der Waals surface area contributed by atoms with Crippen molar-refractivity contribution >= 4 is 29.9 Å². The van der Waals surface area contributed by atoms with Crippen LogP contribution in [0.4, 0.5) is 0 Å². The van der Waals surface area contributed by atoms with Crippen LogP contribution in [0.1, 0.15) is 64.2 Å². The second-order valence-electron chi connectivity index (χ2n) is 7.91. The Morgan fingerprint density at radius 2 is 1.79 bits per heavy atom. The quantitative estimate of drug-likeness (QED) is 0.271. The lowest BCUT2D eigenvalue weighted by Gasteiger charge is -2.21. The smallest absolute Gasteiger partial charge is 0.190 e. The van der Waals surface area contributed by atoms with Crippen molar-refractivity contribution in [1.29, 1.82) is 0 Å². The van der Waals surface area contributed by atoms with Gasteiger partial charge < -0.3 is 15.5 Å². The molecule has 3 rings (SSSR count). The third kappa shape index (κ3) is 6.70. The maximum Gasteiger partial charge on any atom is 0.190 e. The first kappa shape index (κ1) is 20.3. The Hall–Kier alpha value is -0.0400. The van der Waals surface area contributed by atoms with Crippen LogP contribution in [-0.2, 0) is 0 Å². The van der Waals surface area contributed by atoms with Gasteiger partial charge in [0.05, 0.1) is 0 Å². The number of hydrogen-bond acceptors (Lipinski definition) is 2. The molecule has 24 heavy (non-hydrogen) atoms. The van der Waals surface area contributed by atoms with Gasteiger partial charge in [0.25, 0.3) is 0 Å². The molecule has 1 unspecified atom stereocenters. The van der Waals surface area contributed by atoms with Crippen molar-refractivity contribution in [2.75, 3.05) is 33.2 Å². The van der Waals surface area contributed by atoms with Crippen molar-refractivity contribution in [1.82, 2.24) is 15.5 Å². The summed E-state index contributed by atoms with van der Waals surface area (Å²) in [5, 5.41) is 7.05. The van der Waals surface area contributed by atoms with Crippen LogP contribution in [-0.4, -0.2) is 50.1 Å². The van der Waals surface area contributed by atoms with Gasteiger partial charge in [-0.3, -0.25) is 4.99 Å². The summed E-state index contributed by atoms with van der Waals surface area (Å²) in [5.41, 5.74) is 0. The van der Waals surface area contributed by atoms with Gasteiger partial charge in [0.2, 0.25) is 0 Å². The van der Waals surface area contributed by atoms with Crippen molar-refractivity contribution in [2.45, 2.75) is 70.3 Å². The highest BCUT2D eigenvalue weighted by Gasteiger charge is 2.34. The third-order valence-corrected chi connectivity index (χ3v) is 5.97. The molecule has 0 amide bonds. The molecule has 3 aliphatic rings. The minimum absolute atomic E-state index is 0. The maximum absolute atomic E-state index is 4.38. The van der Waals surface area contributed by atoms with Crippen LogP contribution in [0.15, 0.2) is 4.99 Å². The molecule has 0 aromatic heterocycles. The number of likely N-dealkylation sites (tertiary alicyclic amines) is 1. The zero-order valence-electron chi connectivity index (χ0n) is 15.4. The van der Waals surface area contributed by atoms with E-state index in [-0.39, 0.29) is 24.0 Å². The van der Waals surface area contributed by atoms with E-state index in [2.05, 4.69) is 20.5 Å². The highest BCUT2D eigenvalue weighted by atomic mass is 127. The van der Waals surface area contributed by atoms with Gasteiger partial charge in [-0.15, -0.1) is 24.0 Å². The molecule has 0 aromatic carbocycles. The monoisotopic (exact) mass is 448 g/mol. The lowest BCUT2D eigenvalue weighted by molar-refractivity contribution is 0.314. The standard InChI is InChI=1S/C19H36N4.HI/c1-20-19(21-12-5-8-16-6-3-2-4-7-16)22-14-17-11-13-23(15-17)18-9-10-18;/h16-18H,2-15H2,1H3,(H2,20,21,22);1H. The highest BCUT2D eigenvalue weighted by molar-refractivity contribution is 14.0. The van der Waals surface area contributed by atoms with Gasteiger partial charge >= 0.3 is 0 Å². The van der Waals surface area contributed by atoms with Crippen LogP contribution in [0.2, 0.25) is 0 Å². The number of aliphatic imine (C=N–C) groups is 1. The molecule has 1 aliphatic heterocycles. The van der Waals surface area contributed by atoms with Gasteiger partial charge in [0, 0.05) is 32.7 Å². The summed E-state index contributed by atoms with van der Waals surface area (Å²) >= 11 is 0. The van der Waals surface area contributed by atoms with E-state index in [1.807, 2.05) is 7.05 Å². The molecule has 140 valence electrons. The van der Waals surface area contributed by atoms with Crippen molar-refractivity contribution in [3.8, 4) is 0 Å². The van der Waals surface area contributed by atoms with Crippen LogP contribution in [0.3, 0.4) is 0 Å². The van der Waals surface area contributed by atoms with E-state index in [4.69, 9.17) is 0 Å². The highest BCUT2D eigenvalue weighted by Crippen LogP contribution is 2.31. The molecular formula is C19H37IN4. The van der Waals surface area contributed by atoms with E-state index in [1.165, 1.54) is 77.3 Å². The second-order valence-corrected chi connectivity index (χ2v) is 7.91. The Balaban J connectivity index is 0.00000208. The van der Waals surface area contributed by atoms with Gasteiger partial charge in [0.15, 0.2) is 5.96 Å². The minimum atomic E-state index is 0. The Kier molecular flexibility index (Phi) is 9.16. The summed E-state index contributed by atoms with van der Waals surface area (Å²) in [6.45, 7) is 4.74. The number of rotatable bonds is 7. The van der Waals surface area contributed by atoms with E-state index in [9.17, 15) is 0 Å². The molecule has 5 heteroatoms. The Labute approximate surface area is 165 Å². The van der Waals surface area contributed by atoms with Crippen LogP contribution < -0.4 is 10.6 Å². The zero-order valence-corrected chi connectivity index (χ0v) is 17.8. The lowest BCUT2D eigenvalue weighted by atomic mass is 9.86. The van der Waals surface area contributed by atoms with Crippen LogP contribution >= 0.6 is 24.0 Å².